The summed E-state index contributed by atoms with van der Waals surface area (Å²) in [5, 5.41) is 9.16. The van der Waals surface area contributed by atoms with Gasteiger partial charge < -0.3 is 5.11 Å². The third kappa shape index (κ3) is 3.20. The first-order valence-electron chi connectivity index (χ1n) is 6.10. The fraction of sp³-hybridized carbons (Fsp3) is 0.462. The van der Waals surface area contributed by atoms with Gasteiger partial charge in [-0.15, -0.1) is 0 Å². The van der Waals surface area contributed by atoms with E-state index in [0.29, 0.717) is 5.56 Å². The monoisotopic (exact) mass is 283 g/mol. The van der Waals surface area contributed by atoms with Crippen LogP contribution < -0.4 is 4.72 Å². The van der Waals surface area contributed by atoms with Crippen LogP contribution >= 0.6 is 0 Å². The minimum absolute atomic E-state index is 0.0109. The van der Waals surface area contributed by atoms with Crippen molar-refractivity contribution in [3.05, 3.63) is 29.8 Å². The fourth-order valence-electron chi connectivity index (χ4n) is 1.78. The zero-order valence-electron chi connectivity index (χ0n) is 10.7. The van der Waals surface area contributed by atoms with Gasteiger partial charge in [0.2, 0.25) is 10.0 Å². The molecule has 1 fully saturated rings. The van der Waals surface area contributed by atoms with Crippen molar-refractivity contribution in [3.8, 4) is 0 Å². The van der Waals surface area contributed by atoms with E-state index in [0.717, 1.165) is 12.8 Å². The number of aliphatic hydroxyl groups is 1. The molecule has 1 aromatic carbocycles. The molecule has 0 amide bonds. The second-order valence-corrected chi connectivity index (χ2v) is 6.83. The van der Waals surface area contributed by atoms with Gasteiger partial charge in [-0.2, -0.15) is 0 Å². The number of Topliss-reactive ketones (excluding diaryl/α,β-unsaturated/α-hetero) is 1. The molecule has 0 unspecified atom stereocenters. The van der Waals surface area contributed by atoms with Gasteiger partial charge in [0.25, 0.3) is 0 Å². The highest BCUT2D eigenvalue weighted by atomic mass is 32.2. The molecule has 0 aromatic heterocycles. The van der Waals surface area contributed by atoms with Crippen LogP contribution in [-0.4, -0.2) is 32.5 Å². The molecular weight excluding hydrogens is 266 g/mol. The zero-order valence-corrected chi connectivity index (χ0v) is 11.5. The Morgan fingerprint density at radius 1 is 1.42 bits per heavy atom. The molecule has 6 heteroatoms. The number of ketones is 1. The lowest BCUT2D eigenvalue weighted by Gasteiger charge is -2.13. The SMILES string of the molecule is CC(=O)c1cccc(S(=O)(=O)NCC2(CO)CC2)c1. The van der Waals surface area contributed by atoms with Crippen molar-refractivity contribution < 1.29 is 18.3 Å². The second-order valence-electron chi connectivity index (χ2n) is 5.07. The molecule has 1 saturated carbocycles. The third-order valence-electron chi connectivity index (χ3n) is 3.48. The van der Waals surface area contributed by atoms with Crippen molar-refractivity contribution in [3.63, 3.8) is 0 Å². The summed E-state index contributed by atoms with van der Waals surface area (Å²) in [6, 6.07) is 5.94. The van der Waals surface area contributed by atoms with Gasteiger partial charge in [0.05, 0.1) is 4.90 Å². The molecular formula is C13H17NO4S. The first-order valence-corrected chi connectivity index (χ1v) is 7.58. The molecule has 0 aliphatic heterocycles. The number of carbonyl (C=O) groups excluding carboxylic acids is 1. The Labute approximate surface area is 112 Å². The van der Waals surface area contributed by atoms with Gasteiger partial charge in [-0.25, -0.2) is 13.1 Å². The largest absolute Gasteiger partial charge is 0.396 e. The van der Waals surface area contributed by atoms with Gasteiger partial charge in [0.15, 0.2) is 5.78 Å². The van der Waals surface area contributed by atoms with Crippen LogP contribution in [0.25, 0.3) is 0 Å². The Kier molecular flexibility index (Phi) is 3.75. The molecule has 0 bridgehead atoms. The summed E-state index contributed by atoms with van der Waals surface area (Å²) in [7, 11) is -3.63. The van der Waals surface area contributed by atoms with Gasteiger partial charge in [0, 0.05) is 24.1 Å². The molecule has 2 rings (SSSR count). The molecule has 1 aliphatic rings. The maximum absolute atomic E-state index is 12.1. The van der Waals surface area contributed by atoms with E-state index < -0.39 is 10.0 Å². The number of aliphatic hydroxyl groups excluding tert-OH is 1. The summed E-state index contributed by atoms with van der Waals surface area (Å²) in [5.74, 6) is -0.175. The second kappa shape index (κ2) is 5.03. The maximum atomic E-state index is 12.1. The summed E-state index contributed by atoms with van der Waals surface area (Å²) < 4.78 is 26.7. The quantitative estimate of drug-likeness (QED) is 0.761. The first-order chi connectivity index (χ1) is 8.88. The van der Waals surface area contributed by atoms with E-state index in [2.05, 4.69) is 4.72 Å². The van der Waals surface area contributed by atoms with E-state index in [1.54, 1.807) is 12.1 Å². The summed E-state index contributed by atoms with van der Waals surface area (Å²) in [6.07, 6.45) is 1.67. The van der Waals surface area contributed by atoms with Crippen molar-refractivity contribution in [2.24, 2.45) is 5.41 Å². The Bertz CT molecular complexity index is 590. The highest BCUT2D eigenvalue weighted by Crippen LogP contribution is 2.44. The maximum Gasteiger partial charge on any atom is 0.240 e. The lowest BCUT2D eigenvalue weighted by atomic mass is 10.1. The smallest absolute Gasteiger partial charge is 0.240 e. The molecule has 2 N–H and O–H groups in total. The van der Waals surface area contributed by atoms with Crippen LogP contribution in [0.3, 0.4) is 0 Å². The predicted octanol–water partition coefficient (Wildman–Crippen LogP) is 0.940. The van der Waals surface area contributed by atoms with Crippen molar-refractivity contribution in [2.75, 3.05) is 13.2 Å². The zero-order chi connectivity index (χ0) is 14.1. The summed E-state index contributed by atoms with van der Waals surface area (Å²) >= 11 is 0. The van der Waals surface area contributed by atoms with E-state index in [9.17, 15) is 13.2 Å². The highest BCUT2D eigenvalue weighted by Gasteiger charge is 2.42. The number of sulfonamides is 1. The molecule has 19 heavy (non-hydrogen) atoms. The normalized spacial score (nSPS) is 17.2. The number of nitrogens with one attached hydrogen (secondary N) is 1. The minimum Gasteiger partial charge on any atom is -0.396 e. The molecule has 104 valence electrons. The first kappa shape index (κ1) is 14.2. The topological polar surface area (TPSA) is 83.5 Å². The van der Waals surface area contributed by atoms with E-state index in [4.69, 9.17) is 5.11 Å². The average molecular weight is 283 g/mol. The van der Waals surface area contributed by atoms with Crippen molar-refractivity contribution >= 4 is 15.8 Å². The van der Waals surface area contributed by atoms with Gasteiger partial charge >= 0.3 is 0 Å². The Morgan fingerprint density at radius 2 is 2.11 bits per heavy atom. The van der Waals surface area contributed by atoms with Crippen LogP contribution in [0.5, 0.6) is 0 Å². The lowest BCUT2D eigenvalue weighted by Crippen LogP contribution is -2.32. The molecule has 0 spiro atoms. The standard InChI is InChI=1S/C13H17NO4S/c1-10(16)11-3-2-4-12(7-11)19(17,18)14-8-13(9-15)5-6-13/h2-4,7,14-15H,5-6,8-9H2,1H3. The van der Waals surface area contributed by atoms with Gasteiger partial charge in [-0.1, -0.05) is 12.1 Å². The Balaban J connectivity index is 2.15. The molecule has 0 heterocycles. The van der Waals surface area contributed by atoms with E-state index in [-0.39, 0.29) is 29.2 Å². The van der Waals surface area contributed by atoms with Crippen LogP contribution in [0.2, 0.25) is 0 Å². The van der Waals surface area contributed by atoms with Crippen LogP contribution in [0.15, 0.2) is 29.2 Å². The van der Waals surface area contributed by atoms with Crippen LogP contribution in [0, 0.1) is 5.41 Å². The molecule has 1 aliphatic carbocycles. The number of hydrogen-bond donors (Lipinski definition) is 2. The number of benzene rings is 1. The molecule has 0 saturated heterocycles. The van der Waals surface area contributed by atoms with Gasteiger partial charge in [-0.3, -0.25) is 4.79 Å². The molecule has 1 aromatic rings. The van der Waals surface area contributed by atoms with Gasteiger partial charge in [-0.05, 0) is 31.9 Å². The summed E-state index contributed by atoms with van der Waals surface area (Å²) in [5.41, 5.74) is 0.0804. The van der Waals surface area contributed by atoms with E-state index >= 15 is 0 Å². The molecule has 0 radical (unpaired) electrons. The van der Waals surface area contributed by atoms with Crippen LogP contribution in [0.4, 0.5) is 0 Å². The molecule has 5 nitrogen and oxygen atoms in total. The van der Waals surface area contributed by atoms with Crippen molar-refractivity contribution in [1.29, 1.82) is 0 Å². The number of hydrogen-bond acceptors (Lipinski definition) is 4. The van der Waals surface area contributed by atoms with Crippen molar-refractivity contribution in [1.82, 2.24) is 4.72 Å². The number of rotatable bonds is 6. The van der Waals surface area contributed by atoms with Crippen LogP contribution in [0.1, 0.15) is 30.1 Å². The van der Waals surface area contributed by atoms with E-state index in [1.807, 2.05) is 0 Å². The van der Waals surface area contributed by atoms with E-state index in [1.165, 1.54) is 19.1 Å². The number of carbonyl (C=O) groups is 1. The predicted molar refractivity (Wildman–Crippen MR) is 70.4 cm³/mol. The highest BCUT2D eigenvalue weighted by molar-refractivity contribution is 7.89. The van der Waals surface area contributed by atoms with Crippen LogP contribution in [-0.2, 0) is 10.0 Å². The average Bonchev–Trinajstić information content (AvgIpc) is 3.17. The summed E-state index contributed by atoms with van der Waals surface area (Å²) in [4.78, 5) is 11.3. The lowest BCUT2D eigenvalue weighted by molar-refractivity contribution is 0.101. The Hall–Kier alpha value is -1.24. The Morgan fingerprint density at radius 3 is 2.63 bits per heavy atom. The minimum atomic E-state index is -3.63. The molecule has 0 atom stereocenters. The summed E-state index contributed by atoms with van der Waals surface area (Å²) in [6.45, 7) is 1.61. The third-order valence-corrected chi connectivity index (χ3v) is 4.88. The van der Waals surface area contributed by atoms with Crippen molar-refractivity contribution in [2.45, 2.75) is 24.7 Å². The fourth-order valence-corrected chi connectivity index (χ4v) is 2.98. The van der Waals surface area contributed by atoms with Gasteiger partial charge in [0.1, 0.15) is 0 Å².